The van der Waals surface area contributed by atoms with Crippen LogP contribution < -0.4 is 10.1 Å². The Morgan fingerprint density at radius 2 is 2.00 bits per heavy atom. The Bertz CT molecular complexity index is 695. The van der Waals surface area contributed by atoms with Gasteiger partial charge in [-0.3, -0.25) is 0 Å². The molecule has 0 radical (unpaired) electrons. The van der Waals surface area contributed by atoms with E-state index in [4.69, 9.17) is 9.26 Å². The number of amides is 2. The van der Waals surface area contributed by atoms with Crippen molar-refractivity contribution in [3.05, 3.63) is 36.0 Å². The molecule has 136 valence electrons. The highest BCUT2D eigenvalue weighted by molar-refractivity contribution is 5.74. The average Bonchev–Trinajstić information content (AvgIpc) is 3.01. The summed E-state index contributed by atoms with van der Waals surface area (Å²) in [7, 11) is 1.62. The van der Waals surface area contributed by atoms with Gasteiger partial charge in [0, 0.05) is 18.7 Å². The summed E-state index contributed by atoms with van der Waals surface area (Å²) < 4.78 is 10.8. The summed E-state index contributed by atoms with van der Waals surface area (Å²) in [6.45, 7) is 9.10. The third-order valence-electron chi connectivity index (χ3n) is 3.57. The Morgan fingerprint density at radius 1 is 1.28 bits per heavy atom. The zero-order valence-corrected chi connectivity index (χ0v) is 15.6. The molecule has 0 aliphatic heterocycles. The molecule has 6 nitrogen and oxygen atoms in total. The number of carbonyl (C=O) groups is 1. The molecule has 1 N–H and O–H groups in total. The van der Waals surface area contributed by atoms with E-state index in [9.17, 15) is 4.79 Å². The van der Waals surface area contributed by atoms with Gasteiger partial charge in [0.25, 0.3) is 0 Å². The van der Waals surface area contributed by atoms with E-state index < -0.39 is 0 Å². The molecule has 0 atom stereocenters. The Labute approximate surface area is 149 Å². The van der Waals surface area contributed by atoms with E-state index in [-0.39, 0.29) is 12.1 Å². The lowest BCUT2D eigenvalue weighted by Crippen LogP contribution is -2.44. The maximum Gasteiger partial charge on any atom is 0.317 e. The van der Waals surface area contributed by atoms with Crippen molar-refractivity contribution in [2.45, 2.75) is 40.3 Å². The van der Waals surface area contributed by atoms with Crippen molar-refractivity contribution in [2.24, 2.45) is 5.92 Å². The molecular weight excluding hydrogens is 318 g/mol. The van der Waals surface area contributed by atoms with Gasteiger partial charge in [-0.05, 0) is 31.9 Å². The monoisotopic (exact) mass is 345 g/mol. The number of benzene rings is 1. The molecule has 2 aromatic rings. The molecule has 1 aromatic carbocycles. The Hall–Kier alpha value is -2.50. The molecule has 0 aliphatic rings. The van der Waals surface area contributed by atoms with Crippen LogP contribution >= 0.6 is 0 Å². The van der Waals surface area contributed by atoms with Crippen molar-refractivity contribution in [1.29, 1.82) is 0 Å². The Kier molecular flexibility index (Phi) is 6.44. The fourth-order valence-corrected chi connectivity index (χ4v) is 2.56. The van der Waals surface area contributed by atoms with Crippen LogP contribution in [0.15, 0.2) is 34.9 Å². The molecule has 2 rings (SSSR count). The predicted octanol–water partition coefficient (Wildman–Crippen LogP) is 3.93. The molecule has 6 heteroatoms. The normalized spacial score (nSPS) is 11.0. The number of carbonyl (C=O) groups excluding carboxylic acids is 1. The van der Waals surface area contributed by atoms with Crippen LogP contribution in [0.25, 0.3) is 11.3 Å². The number of nitrogens with zero attached hydrogens (tertiary/aromatic N) is 2. The molecule has 0 fully saturated rings. The van der Waals surface area contributed by atoms with E-state index in [1.54, 1.807) is 12.0 Å². The lowest BCUT2D eigenvalue weighted by Gasteiger charge is -2.25. The van der Waals surface area contributed by atoms with Gasteiger partial charge < -0.3 is 19.5 Å². The summed E-state index contributed by atoms with van der Waals surface area (Å²) in [4.78, 5) is 14.2. The van der Waals surface area contributed by atoms with Gasteiger partial charge in [0.2, 0.25) is 0 Å². The first-order valence-corrected chi connectivity index (χ1v) is 8.55. The zero-order chi connectivity index (χ0) is 18.4. The third-order valence-corrected chi connectivity index (χ3v) is 3.57. The number of hydrogen-bond donors (Lipinski definition) is 1. The number of aromatic nitrogens is 1. The summed E-state index contributed by atoms with van der Waals surface area (Å²) >= 11 is 0. The maximum atomic E-state index is 12.4. The van der Waals surface area contributed by atoms with Crippen molar-refractivity contribution in [3.8, 4) is 17.1 Å². The molecule has 0 saturated heterocycles. The standard InChI is InChI=1S/C19H27N3O3/c1-13(2)11-22(19(23)20-14(3)4)12-15-10-18(25-21-15)16-8-6-7-9-17(16)24-5/h6-10,13-14H,11-12H2,1-5H3,(H,20,23). The van der Waals surface area contributed by atoms with Gasteiger partial charge in [0.05, 0.1) is 19.2 Å². The molecule has 2 amide bonds. The zero-order valence-electron chi connectivity index (χ0n) is 15.6. The van der Waals surface area contributed by atoms with Crippen molar-refractivity contribution in [3.63, 3.8) is 0 Å². The Morgan fingerprint density at radius 3 is 2.64 bits per heavy atom. The van der Waals surface area contributed by atoms with Gasteiger partial charge in [0.15, 0.2) is 5.76 Å². The number of methoxy groups -OCH3 is 1. The minimum absolute atomic E-state index is 0.0867. The highest BCUT2D eigenvalue weighted by Gasteiger charge is 2.19. The molecule has 0 saturated carbocycles. The van der Waals surface area contributed by atoms with Crippen LogP contribution in [0.3, 0.4) is 0 Å². The van der Waals surface area contributed by atoms with E-state index in [1.807, 2.05) is 44.2 Å². The predicted molar refractivity (Wildman–Crippen MR) is 97.4 cm³/mol. The molecular formula is C19H27N3O3. The van der Waals surface area contributed by atoms with E-state index in [0.717, 1.165) is 11.3 Å². The third kappa shape index (κ3) is 5.24. The lowest BCUT2D eigenvalue weighted by molar-refractivity contribution is 0.183. The highest BCUT2D eigenvalue weighted by Crippen LogP contribution is 2.30. The first-order valence-electron chi connectivity index (χ1n) is 8.55. The van der Waals surface area contributed by atoms with Gasteiger partial charge in [-0.1, -0.05) is 31.1 Å². The van der Waals surface area contributed by atoms with Crippen molar-refractivity contribution in [1.82, 2.24) is 15.4 Å². The second-order valence-corrected chi connectivity index (χ2v) is 6.76. The number of ether oxygens (including phenoxy) is 1. The van der Waals surface area contributed by atoms with E-state index >= 15 is 0 Å². The van der Waals surface area contributed by atoms with E-state index in [2.05, 4.69) is 24.3 Å². The van der Waals surface area contributed by atoms with Crippen LogP contribution in [0.1, 0.15) is 33.4 Å². The average molecular weight is 345 g/mol. The maximum absolute atomic E-state index is 12.4. The van der Waals surface area contributed by atoms with Gasteiger partial charge >= 0.3 is 6.03 Å². The number of hydrogen-bond acceptors (Lipinski definition) is 4. The summed E-state index contributed by atoms with van der Waals surface area (Å²) in [5.41, 5.74) is 1.55. The van der Waals surface area contributed by atoms with Crippen LogP contribution in [0.2, 0.25) is 0 Å². The summed E-state index contributed by atoms with van der Waals surface area (Å²) in [6.07, 6.45) is 0. The van der Waals surface area contributed by atoms with Crippen molar-refractivity contribution in [2.75, 3.05) is 13.7 Å². The van der Waals surface area contributed by atoms with Crippen molar-refractivity contribution < 1.29 is 14.1 Å². The fourth-order valence-electron chi connectivity index (χ4n) is 2.56. The molecule has 0 unspecified atom stereocenters. The van der Waals surface area contributed by atoms with Crippen LogP contribution in [0, 0.1) is 5.92 Å². The number of para-hydroxylation sites is 1. The summed E-state index contributed by atoms with van der Waals surface area (Å²) in [5, 5.41) is 7.06. The molecule has 1 heterocycles. The SMILES string of the molecule is COc1ccccc1-c1cc(CN(CC(C)C)C(=O)NC(C)C)no1. The lowest BCUT2D eigenvalue weighted by atomic mass is 10.1. The van der Waals surface area contributed by atoms with Crippen LogP contribution in [-0.4, -0.2) is 35.8 Å². The number of urea groups is 1. The van der Waals surface area contributed by atoms with Crippen LogP contribution in [0.5, 0.6) is 5.75 Å². The fraction of sp³-hybridized carbons (Fsp3) is 0.474. The highest BCUT2D eigenvalue weighted by atomic mass is 16.5. The van der Waals surface area contributed by atoms with E-state index in [0.29, 0.717) is 30.5 Å². The minimum atomic E-state index is -0.0921. The Balaban J connectivity index is 2.17. The molecule has 0 aliphatic carbocycles. The molecule has 0 spiro atoms. The second-order valence-electron chi connectivity index (χ2n) is 6.76. The van der Waals surface area contributed by atoms with Gasteiger partial charge in [-0.2, -0.15) is 0 Å². The number of rotatable bonds is 7. The smallest absolute Gasteiger partial charge is 0.317 e. The molecule has 25 heavy (non-hydrogen) atoms. The van der Waals surface area contributed by atoms with Gasteiger partial charge in [0.1, 0.15) is 11.4 Å². The van der Waals surface area contributed by atoms with E-state index in [1.165, 1.54) is 0 Å². The van der Waals surface area contributed by atoms with Gasteiger partial charge in [-0.15, -0.1) is 0 Å². The summed E-state index contributed by atoms with van der Waals surface area (Å²) in [5.74, 6) is 1.71. The second kappa shape index (κ2) is 8.55. The van der Waals surface area contributed by atoms with Crippen molar-refractivity contribution >= 4 is 6.03 Å². The number of nitrogens with one attached hydrogen (secondary N) is 1. The van der Waals surface area contributed by atoms with Crippen LogP contribution in [0.4, 0.5) is 4.79 Å². The molecule has 0 bridgehead atoms. The first-order chi connectivity index (χ1) is 11.9. The molecule has 1 aromatic heterocycles. The van der Waals surface area contributed by atoms with Gasteiger partial charge in [-0.25, -0.2) is 4.79 Å². The minimum Gasteiger partial charge on any atom is -0.496 e. The first kappa shape index (κ1) is 18.8. The van der Waals surface area contributed by atoms with Crippen LogP contribution in [-0.2, 0) is 6.54 Å². The quantitative estimate of drug-likeness (QED) is 0.826. The largest absolute Gasteiger partial charge is 0.496 e. The summed E-state index contributed by atoms with van der Waals surface area (Å²) in [6, 6.07) is 9.46. The topological polar surface area (TPSA) is 67.6 Å².